The van der Waals surface area contributed by atoms with Crippen LogP contribution in [0.5, 0.6) is 0 Å². The second-order valence-corrected chi connectivity index (χ2v) is 6.53. The van der Waals surface area contributed by atoms with Crippen LogP contribution in [0, 0.1) is 10.1 Å². The third-order valence-corrected chi connectivity index (χ3v) is 4.88. The molecule has 4 rings (SSSR count). The zero-order valence-electron chi connectivity index (χ0n) is 14.8. The van der Waals surface area contributed by atoms with Crippen LogP contribution in [0.1, 0.15) is 28.4 Å². The van der Waals surface area contributed by atoms with Gasteiger partial charge < -0.3 is 19.5 Å². The zero-order chi connectivity index (χ0) is 18.8. The van der Waals surface area contributed by atoms with Crippen LogP contribution in [0.25, 0.3) is 0 Å². The van der Waals surface area contributed by atoms with Gasteiger partial charge >= 0.3 is 0 Å². The monoisotopic (exact) mass is 372 g/mol. The van der Waals surface area contributed by atoms with Crippen molar-refractivity contribution in [3.63, 3.8) is 0 Å². The normalized spacial score (nSPS) is 16.2. The number of fused-ring (bicyclic) bond motifs is 1. The van der Waals surface area contributed by atoms with Crippen LogP contribution in [-0.2, 0) is 24.2 Å². The molecule has 10 heteroatoms. The molecule has 1 saturated heterocycles. The Labute approximate surface area is 155 Å². The van der Waals surface area contributed by atoms with Gasteiger partial charge in [-0.1, -0.05) is 0 Å². The molecule has 2 aliphatic heterocycles. The first-order valence-electron chi connectivity index (χ1n) is 8.94. The molecule has 2 aliphatic rings. The molecule has 1 N–H and O–H groups in total. The number of hydrogen-bond donors (Lipinski definition) is 1. The summed E-state index contributed by atoms with van der Waals surface area (Å²) in [5, 5.41) is 22.2. The quantitative estimate of drug-likeness (QED) is 0.612. The van der Waals surface area contributed by atoms with Gasteiger partial charge in [-0.05, 0) is 12.5 Å². The molecular weight excluding hydrogens is 352 g/mol. The molecule has 0 spiro atoms. The molecule has 0 aliphatic carbocycles. The van der Waals surface area contributed by atoms with Crippen molar-refractivity contribution < 1.29 is 14.5 Å². The average Bonchev–Trinajstić information content (AvgIpc) is 3.30. The van der Waals surface area contributed by atoms with E-state index in [1.165, 1.54) is 12.1 Å². The molecule has 0 atom stereocenters. The smallest absolute Gasteiger partial charge is 0.270 e. The molecule has 0 saturated carbocycles. The maximum absolute atomic E-state index is 12.8. The number of non-ortho nitro benzene ring substituents is 1. The number of benzene rings is 1. The van der Waals surface area contributed by atoms with Gasteiger partial charge in [-0.15, -0.1) is 10.2 Å². The van der Waals surface area contributed by atoms with Crippen LogP contribution in [0.4, 0.5) is 11.4 Å². The minimum atomic E-state index is -0.495. The van der Waals surface area contributed by atoms with E-state index in [2.05, 4.69) is 15.5 Å². The first kappa shape index (κ1) is 17.4. The van der Waals surface area contributed by atoms with E-state index in [1.54, 1.807) is 6.07 Å². The van der Waals surface area contributed by atoms with Gasteiger partial charge in [0, 0.05) is 38.2 Å². The summed E-state index contributed by atoms with van der Waals surface area (Å²) in [5.74, 6) is 1.27. The lowest BCUT2D eigenvalue weighted by molar-refractivity contribution is -0.384. The van der Waals surface area contributed by atoms with E-state index in [1.807, 2.05) is 9.47 Å². The number of nitrogens with one attached hydrogen (secondary N) is 1. The Morgan fingerprint density at radius 2 is 2.07 bits per heavy atom. The Bertz CT molecular complexity index is 874. The number of amides is 1. The molecule has 2 aromatic rings. The number of morpholine rings is 1. The molecular formula is C17H20N6O4. The van der Waals surface area contributed by atoms with Crippen LogP contribution in [0.15, 0.2) is 18.2 Å². The van der Waals surface area contributed by atoms with E-state index in [0.717, 1.165) is 25.2 Å². The lowest BCUT2D eigenvalue weighted by Gasteiger charge is -2.30. The van der Waals surface area contributed by atoms with Gasteiger partial charge in [0.25, 0.3) is 11.6 Å². The minimum absolute atomic E-state index is 0.111. The molecule has 1 fully saturated rings. The largest absolute Gasteiger partial charge is 0.378 e. The maximum Gasteiger partial charge on any atom is 0.270 e. The molecule has 1 aromatic carbocycles. The average molecular weight is 372 g/mol. The molecule has 1 amide bonds. The summed E-state index contributed by atoms with van der Waals surface area (Å²) in [6.45, 7) is 3.47. The van der Waals surface area contributed by atoms with Crippen molar-refractivity contribution >= 4 is 17.3 Å². The van der Waals surface area contributed by atoms with Crippen molar-refractivity contribution in [3.05, 3.63) is 45.5 Å². The molecule has 142 valence electrons. The van der Waals surface area contributed by atoms with Crippen molar-refractivity contribution in [1.82, 2.24) is 20.1 Å². The number of hydrogen-bond acceptors (Lipinski definition) is 7. The van der Waals surface area contributed by atoms with E-state index in [0.29, 0.717) is 37.8 Å². The SMILES string of the molecule is O=C(NCc1nnc2n1CCC2)c1cc([N+](=O)[O-])ccc1N1CCOCC1. The van der Waals surface area contributed by atoms with Gasteiger partial charge in [0.2, 0.25) is 0 Å². The van der Waals surface area contributed by atoms with E-state index in [-0.39, 0.29) is 23.7 Å². The van der Waals surface area contributed by atoms with Gasteiger partial charge in [0.05, 0.1) is 35.9 Å². The number of nitro groups is 1. The van der Waals surface area contributed by atoms with Crippen molar-refractivity contribution in [1.29, 1.82) is 0 Å². The number of nitrogens with zero attached hydrogens (tertiary/aromatic N) is 5. The van der Waals surface area contributed by atoms with Gasteiger partial charge in [-0.25, -0.2) is 0 Å². The number of ether oxygens (including phenoxy) is 1. The summed E-state index contributed by atoms with van der Waals surface area (Å²) in [6, 6.07) is 4.38. The first-order valence-corrected chi connectivity index (χ1v) is 8.94. The fourth-order valence-electron chi connectivity index (χ4n) is 3.50. The Morgan fingerprint density at radius 1 is 1.26 bits per heavy atom. The minimum Gasteiger partial charge on any atom is -0.378 e. The summed E-state index contributed by atoms with van der Waals surface area (Å²) in [6.07, 6.45) is 1.92. The molecule has 10 nitrogen and oxygen atoms in total. The van der Waals surface area contributed by atoms with E-state index >= 15 is 0 Å². The highest BCUT2D eigenvalue weighted by Crippen LogP contribution is 2.26. The van der Waals surface area contributed by atoms with Crippen LogP contribution >= 0.6 is 0 Å². The van der Waals surface area contributed by atoms with Gasteiger partial charge in [-0.2, -0.15) is 0 Å². The first-order chi connectivity index (χ1) is 13.1. The van der Waals surface area contributed by atoms with Crippen molar-refractivity contribution in [2.75, 3.05) is 31.2 Å². The third kappa shape index (κ3) is 3.47. The molecule has 1 aromatic heterocycles. The van der Waals surface area contributed by atoms with Gasteiger partial charge in [0.15, 0.2) is 5.82 Å². The Morgan fingerprint density at radius 3 is 2.85 bits per heavy atom. The van der Waals surface area contributed by atoms with E-state index in [9.17, 15) is 14.9 Å². The molecule has 27 heavy (non-hydrogen) atoms. The maximum atomic E-state index is 12.8. The highest BCUT2D eigenvalue weighted by atomic mass is 16.6. The number of carbonyl (C=O) groups is 1. The van der Waals surface area contributed by atoms with Crippen LogP contribution in [-0.4, -0.2) is 51.9 Å². The fourth-order valence-corrected chi connectivity index (χ4v) is 3.50. The number of carbonyl (C=O) groups excluding carboxylic acids is 1. The standard InChI is InChI=1S/C17H20N6O4/c24-17(18-11-16-20-19-15-2-1-5-22(15)16)13-10-12(23(25)26)3-4-14(13)21-6-8-27-9-7-21/h3-4,10H,1-2,5-9,11H2,(H,18,24). The highest BCUT2D eigenvalue weighted by molar-refractivity contribution is 6.00. The number of rotatable bonds is 5. The van der Waals surface area contributed by atoms with Gasteiger partial charge in [0.1, 0.15) is 5.82 Å². The topological polar surface area (TPSA) is 115 Å². The second kappa shape index (κ2) is 7.31. The zero-order valence-corrected chi connectivity index (χ0v) is 14.8. The van der Waals surface area contributed by atoms with Crippen LogP contribution < -0.4 is 10.2 Å². The van der Waals surface area contributed by atoms with E-state index in [4.69, 9.17) is 4.74 Å². The molecule has 0 radical (unpaired) electrons. The van der Waals surface area contributed by atoms with Crippen molar-refractivity contribution in [2.45, 2.75) is 25.9 Å². The second-order valence-electron chi connectivity index (χ2n) is 6.53. The predicted molar refractivity (Wildman–Crippen MR) is 95.6 cm³/mol. The fraction of sp³-hybridized carbons (Fsp3) is 0.471. The molecule has 3 heterocycles. The lowest BCUT2D eigenvalue weighted by Crippen LogP contribution is -2.38. The number of anilines is 1. The molecule has 0 bridgehead atoms. The number of aryl methyl sites for hydroxylation is 1. The van der Waals surface area contributed by atoms with Crippen molar-refractivity contribution in [3.8, 4) is 0 Å². The Balaban J connectivity index is 1.56. The number of nitro benzene ring substituents is 1. The Hall–Kier alpha value is -3.01. The predicted octanol–water partition coefficient (Wildman–Crippen LogP) is 0.899. The van der Waals surface area contributed by atoms with Gasteiger partial charge in [-0.3, -0.25) is 14.9 Å². The summed E-state index contributed by atoms with van der Waals surface area (Å²) < 4.78 is 7.36. The summed E-state index contributed by atoms with van der Waals surface area (Å²) in [7, 11) is 0. The third-order valence-electron chi connectivity index (χ3n) is 4.88. The van der Waals surface area contributed by atoms with Crippen LogP contribution in [0.2, 0.25) is 0 Å². The lowest BCUT2D eigenvalue weighted by atomic mass is 10.1. The van der Waals surface area contributed by atoms with Crippen LogP contribution in [0.3, 0.4) is 0 Å². The van der Waals surface area contributed by atoms with Crippen molar-refractivity contribution in [2.24, 2.45) is 0 Å². The highest BCUT2D eigenvalue weighted by Gasteiger charge is 2.23. The summed E-state index contributed by atoms with van der Waals surface area (Å²) in [4.78, 5) is 25.5. The summed E-state index contributed by atoms with van der Waals surface area (Å²) >= 11 is 0. The van der Waals surface area contributed by atoms with E-state index < -0.39 is 4.92 Å². The Kier molecular flexibility index (Phi) is 4.71. The molecule has 0 unspecified atom stereocenters. The summed E-state index contributed by atoms with van der Waals surface area (Å²) in [5.41, 5.74) is 0.848. The number of aromatic nitrogens is 3.